The molecule has 0 aromatic rings. The van der Waals surface area contributed by atoms with Crippen LogP contribution in [0, 0.1) is 5.92 Å². The number of nitrogens with one attached hydrogen (secondary N) is 1. The monoisotopic (exact) mass is 268 g/mol. The van der Waals surface area contributed by atoms with Crippen molar-refractivity contribution in [2.75, 3.05) is 39.4 Å². The van der Waals surface area contributed by atoms with Crippen molar-refractivity contribution in [1.29, 1.82) is 0 Å². The molecule has 1 unspecified atom stereocenters. The van der Waals surface area contributed by atoms with E-state index in [1.807, 2.05) is 0 Å². The van der Waals surface area contributed by atoms with Gasteiger partial charge in [0.1, 0.15) is 0 Å². The first-order valence-electron chi connectivity index (χ1n) is 7.91. The quantitative estimate of drug-likeness (QED) is 0.826. The predicted octanol–water partition coefficient (Wildman–Crippen LogP) is 1.80. The Labute approximate surface area is 116 Å². The van der Waals surface area contributed by atoms with Gasteiger partial charge in [-0.05, 0) is 44.7 Å². The van der Waals surface area contributed by atoms with E-state index in [0.717, 1.165) is 45.7 Å². The molecule has 4 heteroatoms. The molecule has 2 rings (SSSR count). The molecular weight excluding hydrogens is 240 g/mol. The van der Waals surface area contributed by atoms with Gasteiger partial charge in [0.05, 0.1) is 6.54 Å². The maximum atomic E-state index is 11.9. The largest absolute Gasteiger partial charge is 0.381 e. The molecule has 0 aliphatic carbocycles. The van der Waals surface area contributed by atoms with Crippen molar-refractivity contribution in [2.24, 2.45) is 5.92 Å². The lowest BCUT2D eigenvalue weighted by molar-refractivity contribution is -0.122. The van der Waals surface area contributed by atoms with Crippen LogP contribution in [0.5, 0.6) is 0 Å². The Balaban J connectivity index is 1.56. The molecule has 2 fully saturated rings. The van der Waals surface area contributed by atoms with Crippen LogP contribution in [0.2, 0.25) is 0 Å². The highest BCUT2D eigenvalue weighted by Crippen LogP contribution is 2.15. The summed E-state index contributed by atoms with van der Waals surface area (Å²) in [5, 5.41) is 3.06. The zero-order valence-electron chi connectivity index (χ0n) is 12.0. The molecule has 0 bridgehead atoms. The minimum Gasteiger partial charge on any atom is -0.381 e. The van der Waals surface area contributed by atoms with E-state index in [0.29, 0.717) is 12.5 Å². The average molecular weight is 268 g/mol. The van der Waals surface area contributed by atoms with Crippen molar-refractivity contribution in [2.45, 2.75) is 44.9 Å². The van der Waals surface area contributed by atoms with E-state index in [1.54, 1.807) is 0 Å². The molecular formula is C15H28N2O2. The predicted molar refractivity (Wildman–Crippen MR) is 76.1 cm³/mol. The summed E-state index contributed by atoms with van der Waals surface area (Å²) in [5.74, 6) is 0.849. The van der Waals surface area contributed by atoms with Crippen LogP contribution in [0.3, 0.4) is 0 Å². The van der Waals surface area contributed by atoms with Gasteiger partial charge in [-0.2, -0.15) is 0 Å². The molecule has 2 aliphatic heterocycles. The lowest BCUT2D eigenvalue weighted by Crippen LogP contribution is -2.39. The molecule has 2 aliphatic rings. The summed E-state index contributed by atoms with van der Waals surface area (Å²) < 4.78 is 5.34. The first kappa shape index (κ1) is 14.8. The average Bonchev–Trinajstić information content (AvgIpc) is 2.85. The summed E-state index contributed by atoms with van der Waals surface area (Å²) in [6, 6.07) is 0. The molecule has 1 N–H and O–H groups in total. The van der Waals surface area contributed by atoms with Gasteiger partial charge in [0.2, 0.25) is 5.91 Å². The zero-order chi connectivity index (χ0) is 13.3. The summed E-state index contributed by atoms with van der Waals surface area (Å²) in [5.41, 5.74) is 0. The summed E-state index contributed by atoms with van der Waals surface area (Å²) >= 11 is 0. The van der Waals surface area contributed by atoms with E-state index >= 15 is 0 Å². The van der Waals surface area contributed by atoms with Gasteiger partial charge in [-0.1, -0.05) is 19.3 Å². The highest BCUT2D eigenvalue weighted by molar-refractivity contribution is 5.77. The topological polar surface area (TPSA) is 41.6 Å². The molecule has 0 radical (unpaired) electrons. The summed E-state index contributed by atoms with van der Waals surface area (Å²) in [6.07, 6.45) is 8.70. The molecule has 0 spiro atoms. The highest BCUT2D eigenvalue weighted by atomic mass is 16.5. The van der Waals surface area contributed by atoms with Crippen LogP contribution in [0.25, 0.3) is 0 Å². The van der Waals surface area contributed by atoms with E-state index in [4.69, 9.17) is 4.74 Å². The summed E-state index contributed by atoms with van der Waals surface area (Å²) in [4.78, 5) is 14.2. The van der Waals surface area contributed by atoms with Crippen molar-refractivity contribution < 1.29 is 9.53 Å². The van der Waals surface area contributed by atoms with Crippen LogP contribution in [0.1, 0.15) is 44.9 Å². The van der Waals surface area contributed by atoms with Crippen molar-refractivity contribution in [1.82, 2.24) is 10.2 Å². The van der Waals surface area contributed by atoms with Crippen LogP contribution in [0.4, 0.5) is 0 Å². The van der Waals surface area contributed by atoms with Crippen molar-refractivity contribution in [3.05, 3.63) is 0 Å². The lowest BCUT2D eigenvalue weighted by Gasteiger charge is -2.23. The Morgan fingerprint density at radius 1 is 1.16 bits per heavy atom. The number of amides is 1. The number of carbonyl (C=O) groups excluding carboxylic acids is 1. The van der Waals surface area contributed by atoms with Gasteiger partial charge in [0, 0.05) is 19.8 Å². The van der Waals surface area contributed by atoms with Crippen LogP contribution >= 0.6 is 0 Å². The number of hydrogen-bond acceptors (Lipinski definition) is 3. The molecule has 19 heavy (non-hydrogen) atoms. The molecule has 1 atom stereocenters. The first-order valence-corrected chi connectivity index (χ1v) is 7.91. The third-order valence-electron chi connectivity index (χ3n) is 4.21. The maximum absolute atomic E-state index is 11.9. The fourth-order valence-corrected chi connectivity index (χ4v) is 2.96. The number of ether oxygens (including phenoxy) is 1. The Kier molecular flexibility index (Phi) is 6.65. The van der Waals surface area contributed by atoms with Gasteiger partial charge >= 0.3 is 0 Å². The smallest absolute Gasteiger partial charge is 0.234 e. The first-order chi connectivity index (χ1) is 9.34. The van der Waals surface area contributed by atoms with Crippen molar-refractivity contribution >= 4 is 5.91 Å². The SMILES string of the molecule is O=C(CN1CCCCCCC1)NCCC1CCOC1. The molecule has 0 aromatic carbocycles. The molecule has 4 nitrogen and oxygen atoms in total. The maximum Gasteiger partial charge on any atom is 0.234 e. The van der Waals surface area contributed by atoms with Crippen LogP contribution in [-0.2, 0) is 9.53 Å². The zero-order valence-corrected chi connectivity index (χ0v) is 12.0. The second-order valence-corrected chi connectivity index (χ2v) is 5.91. The normalized spacial score (nSPS) is 25.8. The van der Waals surface area contributed by atoms with Gasteiger partial charge in [-0.15, -0.1) is 0 Å². The van der Waals surface area contributed by atoms with Crippen molar-refractivity contribution in [3.8, 4) is 0 Å². The standard InChI is InChI=1S/C15H28N2O2/c18-15(16-8-6-14-7-11-19-13-14)12-17-9-4-2-1-3-5-10-17/h14H,1-13H2,(H,16,18). The van der Waals surface area contributed by atoms with E-state index in [2.05, 4.69) is 10.2 Å². The molecule has 0 saturated carbocycles. The molecule has 1 amide bonds. The Bertz CT molecular complexity index is 257. The van der Waals surface area contributed by atoms with Crippen LogP contribution in [0.15, 0.2) is 0 Å². The fraction of sp³-hybridized carbons (Fsp3) is 0.933. The van der Waals surface area contributed by atoms with Crippen molar-refractivity contribution in [3.63, 3.8) is 0 Å². The summed E-state index contributed by atoms with van der Waals surface area (Å²) in [7, 11) is 0. The van der Waals surface area contributed by atoms with Crippen LogP contribution < -0.4 is 5.32 Å². The number of hydrogen-bond donors (Lipinski definition) is 1. The van der Waals surface area contributed by atoms with E-state index < -0.39 is 0 Å². The second-order valence-electron chi connectivity index (χ2n) is 5.91. The second kappa shape index (κ2) is 8.54. The molecule has 110 valence electrons. The Hall–Kier alpha value is -0.610. The third kappa shape index (κ3) is 5.91. The number of carbonyl (C=O) groups is 1. The Morgan fingerprint density at radius 2 is 1.89 bits per heavy atom. The fourth-order valence-electron chi connectivity index (χ4n) is 2.96. The van der Waals surface area contributed by atoms with E-state index in [1.165, 1.54) is 32.1 Å². The minimum absolute atomic E-state index is 0.194. The molecule has 2 heterocycles. The summed E-state index contributed by atoms with van der Waals surface area (Å²) in [6.45, 7) is 5.34. The van der Waals surface area contributed by atoms with E-state index in [9.17, 15) is 4.79 Å². The van der Waals surface area contributed by atoms with Gasteiger partial charge < -0.3 is 10.1 Å². The van der Waals surface area contributed by atoms with Gasteiger partial charge in [-0.3, -0.25) is 9.69 Å². The van der Waals surface area contributed by atoms with E-state index in [-0.39, 0.29) is 5.91 Å². The highest BCUT2D eigenvalue weighted by Gasteiger charge is 2.16. The number of rotatable bonds is 5. The van der Waals surface area contributed by atoms with Crippen LogP contribution in [-0.4, -0.2) is 50.2 Å². The number of nitrogens with zero attached hydrogens (tertiary/aromatic N) is 1. The molecule has 2 saturated heterocycles. The lowest BCUT2D eigenvalue weighted by atomic mass is 10.1. The molecule has 0 aromatic heterocycles. The third-order valence-corrected chi connectivity index (χ3v) is 4.21. The van der Waals surface area contributed by atoms with Gasteiger partial charge in [-0.25, -0.2) is 0 Å². The van der Waals surface area contributed by atoms with Gasteiger partial charge in [0.25, 0.3) is 0 Å². The number of likely N-dealkylation sites (tertiary alicyclic amines) is 1. The van der Waals surface area contributed by atoms with Gasteiger partial charge in [0.15, 0.2) is 0 Å². The minimum atomic E-state index is 0.194. The Morgan fingerprint density at radius 3 is 2.58 bits per heavy atom.